The summed E-state index contributed by atoms with van der Waals surface area (Å²) in [5, 5.41) is 7.31. The highest BCUT2D eigenvalue weighted by Crippen LogP contribution is 2.32. The van der Waals surface area contributed by atoms with E-state index in [2.05, 4.69) is 27.1 Å². The SMILES string of the molecule is C[C@@H](Cn1ccnc1)NC(=O)N1CCC[C@H]1c1ccsc1. The van der Waals surface area contributed by atoms with Gasteiger partial charge in [-0.15, -0.1) is 0 Å². The van der Waals surface area contributed by atoms with Gasteiger partial charge in [0.1, 0.15) is 0 Å². The molecule has 2 aromatic heterocycles. The van der Waals surface area contributed by atoms with Gasteiger partial charge in [-0.3, -0.25) is 0 Å². The third kappa shape index (κ3) is 3.26. The molecule has 2 aromatic rings. The van der Waals surface area contributed by atoms with Gasteiger partial charge in [-0.2, -0.15) is 11.3 Å². The molecule has 0 aromatic carbocycles. The van der Waals surface area contributed by atoms with E-state index in [0.29, 0.717) is 0 Å². The van der Waals surface area contributed by atoms with Gasteiger partial charge in [0.25, 0.3) is 0 Å². The maximum absolute atomic E-state index is 12.5. The molecule has 0 unspecified atom stereocenters. The molecule has 1 N–H and O–H groups in total. The van der Waals surface area contributed by atoms with Gasteiger partial charge in [0, 0.05) is 31.5 Å². The van der Waals surface area contributed by atoms with Crippen molar-refractivity contribution in [2.24, 2.45) is 0 Å². The maximum Gasteiger partial charge on any atom is 0.318 e. The zero-order valence-electron chi connectivity index (χ0n) is 12.1. The van der Waals surface area contributed by atoms with Crippen molar-refractivity contribution in [1.82, 2.24) is 19.8 Å². The second-order valence-electron chi connectivity index (χ2n) is 5.52. The summed E-state index contributed by atoms with van der Waals surface area (Å²) in [6.45, 7) is 3.60. The molecule has 0 aliphatic carbocycles. The van der Waals surface area contributed by atoms with Crippen LogP contribution in [0.25, 0.3) is 0 Å². The molecule has 1 aliphatic heterocycles. The first-order valence-corrected chi connectivity index (χ1v) is 8.23. The third-order valence-corrected chi connectivity index (χ3v) is 4.56. The fraction of sp³-hybridized carbons (Fsp3) is 0.467. The summed E-state index contributed by atoms with van der Waals surface area (Å²) in [5.41, 5.74) is 1.26. The van der Waals surface area contributed by atoms with Crippen molar-refractivity contribution in [2.45, 2.75) is 38.4 Å². The summed E-state index contributed by atoms with van der Waals surface area (Å²) in [6, 6.07) is 2.47. The van der Waals surface area contributed by atoms with Gasteiger partial charge in [-0.25, -0.2) is 9.78 Å². The first kappa shape index (κ1) is 14.1. The number of nitrogens with zero attached hydrogens (tertiary/aromatic N) is 3. The molecule has 3 rings (SSSR count). The first-order valence-electron chi connectivity index (χ1n) is 7.29. The molecule has 1 fully saturated rings. The van der Waals surface area contributed by atoms with Gasteiger partial charge >= 0.3 is 6.03 Å². The third-order valence-electron chi connectivity index (χ3n) is 3.86. The molecule has 3 heterocycles. The Labute approximate surface area is 128 Å². The van der Waals surface area contributed by atoms with Gasteiger partial charge in [-0.05, 0) is 42.2 Å². The highest BCUT2D eigenvalue weighted by Gasteiger charge is 2.30. The average Bonchev–Trinajstić information content (AvgIpc) is 3.20. The molecule has 1 saturated heterocycles. The molecule has 0 spiro atoms. The minimum Gasteiger partial charge on any atom is -0.335 e. The number of hydrogen-bond donors (Lipinski definition) is 1. The number of carbonyl (C=O) groups excluding carboxylic acids is 1. The number of urea groups is 1. The smallest absolute Gasteiger partial charge is 0.318 e. The maximum atomic E-state index is 12.5. The number of rotatable bonds is 4. The number of likely N-dealkylation sites (tertiary alicyclic amines) is 1. The van der Waals surface area contributed by atoms with Crippen LogP contribution in [0.5, 0.6) is 0 Å². The Morgan fingerprint density at radius 3 is 3.24 bits per heavy atom. The number of amides is 2. The van der Waals surface area contributed by atoms with E-state index >= 15 is 0 Å². The minimum absolute atomic E-state index is 0.0383. The predicted octanol–water partition coefficient (Wildman–Crippen LogP) is 2.88. The number of hydrogen-bond acceptors (Lipinski definition) is 3. The van der Waals surface area contributed by atoms with Crippen LogP contribution in [-0.2, 0) is 6.54 Å². The normalized spacial score (nSPS) is 19.7. The molecular weight excluding hydrogens is 284 g/mol. The molecule has 0 bridgehead atoms. The van der Waals surface area contributed by atoms with Gasteiger partial charge in [0.2, 0.25) is 0 Å². The van der Waals surface area contributed by atoms with Crippen molar-refractivity contribution in [3.63, 3.8) is 0 Å². The van der Waals surface area contributed by atoms with Crippen LogP contribution in [0.3, 0.4) is 0 Å². The van der Waals surface area contributed by atoms with Crippen LogP contribution < -0.4 is 5.32 Å². The summed E-state index contributed by atoms with van der Waals surface area (Å²) in [4.78, 5) is 18.5. The Bertz CT molecular complexity index is 567. The lowest BCUT2D eigenvalue weighted by Gasteiger charge is -2.26. The van der Waals surface area contributed by atoms with E-state index in [0.717, 1.165) is 25.9 Å². The molecule has 0 saturated carbocycles. The lowest BCUT2D eigenvalue weighted by molar-refractivity contribution is 0.188. The van der Waals surface area contributed by atoms with Crippen LogP contribution in [0.2, 0.25) is 0 Å². The summed E-state index contributed by atoms with van der Waals surface area (Å²) < 4.78 is 1.98. The fourth-order valence-electron chi connectivity index (χ4n) is 2.87. The Morgan fingerprint density at radius 2 is 2.52 bits per heavy atom. The van der Waals surface area contributed by atoms with Crippen LogP contribution in [-0.4, -0.2) is 33.1 Å². The Kier molecular flexibility index (Phi) is 4.24. The molecular formula is C15H20N4OS. The predicted molar refractivity (Wildman–Crippen MR) is 83.2 cm³/mol. The van der Waals surface area contributed by atoms with Crippen molar-refractivity contribution < 1.29 is 4.79 Å². The van der Waals surface area contributed by atoms with E-state index in [1.165, 1.54) is 5.56 Å². The van der Waals surface area contributed by atoms with Crippen molar-refractivity contribution in [2.75, 3.05) is 6.54 Å². The zero-order valence-corrected chi connectivity index (χ0v) is 12.9. The standard InChI is InChI=1S/C15H20N4OS/c1-12(9-18-7-5-16-11-18)17-15(20)19-6-2-3-14(19)13-4-8-21-10-13/h4-5,7-8,10-12,14H,2-3,6,9H2,1H3,(H,17,20)/t12-,14-/m0/s1. The second-order valence-corrected chi connectivity index (χ2v) is 6.30. The van der Waals surface area contributed by atoms with Gasteiger partial charge in [-0.1, -0.05) is 0 Å². The van der Waals surface area contributed by atoms with Crippen LogP contribution >= 0.6 is 11.3 Å². The molecule has 1 aliphatic rings. The molecule has 0 radical (unpaired) electrons. The molecule has 112 valence electrons. The Hall–Kier alpha value is -1.82. The summed E-state index contributed by atoms with van der Waals surface area (Å²) >= 11 is 1.69. The molecule has 5 nitrogen and oxygen atoms in total. The molecule has 21 heavy (non-hydrogen) atoms. The van der Waals surface area contributed by atoms with Crippen LogP contribution in [0.15, 0.2) is 35.5 Å². The number of carbonyl (C=O) groups is 1. The quantitative estimate of drug-likeness (QED) is 0.944. The van der Waals surface area contributed by atoms with E-state index in [1.807, 2.05) is 22.6 Å². The highest BCUT2D eigenvalue weighted by molar-refractivity contribution is 7.07. The van der Waals surface area contributed by atoms with E-state index in [4.69, 9.17) is 0 Å². The lowest BCUT2D eigenvalue weighted by atomic mass is 10.1. The summed E-state index contributed by atoms with van der Waals surface area (Å²) in [5.74, 6) is 0. The molecule has 6 heteroatoms. The second kappa shape index (κ2) is 6.30. The summed E-state index contributed by atoms with van der Waals surface area (Å²) in [7, 11) is 0. The Balaban J connectivity index is 1.59. The van der Waals surface area contributed by atoms with Crippen LogP contribution in [0.1, 0.15) is 31.4 Å². The first-order chi connectivity index (χ1) is 10.2. The van der Waals surface area contributed by atoms with Crippen LogP contribution in [0.4, 0.5) is 4.79 Å². The minimum atomic E-state index is 0.0383. The largest absolute Gasteiger partial charge is 0.335 e. The lowest BCUT2D eigenvalue weighted by Crippen LogP contribution is -2.44. The topological polar surface area (TPSA) is 50.2 Å². The number of thiophene rings is 1. The Morgan fingerprint density at radius 1 is 1.62 bits per heavy atom. The van der Waals surface area contributed by atoms with Gasteiger partial charge < -0.3 is 14.8 Å². The van der Waals surface area contributed by atoms with Crippen molar-refractivity contribution >= 4 is 17.4 Å². The summed E-state index contributed by atoms with van der Waals surface area (Å²) in [6.07, 6.45) is 7.56. The van der Waals surface area contributed by atoms with Gasteiger partial charge in [0.15, 0.2) is 0 Å². The zero-order chi connectivity index (χ0) is 14.7. The average molecular weight is 304 g/mol. The van der Waals surface area contributed by atoms with E-state index in [1.54, 1.807) is 23.9 Å². The van der Waals surface area contributed by atoms with Crippen molar-refractivity contribution in [3.05, 3.63) is 41.1 Å². The van der Waals surface area contributed by atoms with E-state index in [-0.39, 0.29) is 18.1 Å². The van der Waals surface area contributed by atoms with Crippen molar-refractivity contribution in [3.8, 4) is 0 Å². The van der Waals surface area contributed by atoms with E-state index in [9.17, 15) is 4.79 Å². The molecule has 2 amide bonds. The number of imidazole rings is 1. The number of aromatic nitrogens is 2. The van der Waals surface area contributed by atoms with E-state index < -0.39 is 0 Å². The highest BCUT2D eigenvalue weighted by atomic mass is 32.1. The van der Waals surface area contributed by atoms with Crippen LogP contribution in [0, 0.1) is 0 Å². The fourth-order valence-corrected chi connectivity index (χ4v) is 3.58. The monoisotopic (exact) mass is 304 g/mol. The van der Waals surface area contributed by atoms with Gasteiger partial charge in [0.05, 0.1) is 12.4 Å². The number of nitrogens with one attached hydrogen (secondary N) is 1. The van der Waals surface area contributed by atoms with Crippen molar-refractivity contribution in [1.29, 1.82) is 0 Å². The molecule has 2 atom stereocenters.